The van der Waals surface area contributed by atoms with Crippen LogP contribution in [-0.4, -0.2) is 86.2 Å². The molecule has 1 N–H and O–H groups in total. The number of aromatic nitrogens is 1. The summed E-state index contributed by atoms with van der Waals surface area (Å²) in [5.41, 5.74) is 0.457. The number of cyclic esters (lactones) is 2. The summed E-state index contributed by atoms with van der Waals surface area (Å²) >= 11 is 0. The Morgan fingerprint density at radius 3 is 2.41 bits per heavy atom. The van der Waals surface area contributed by atoms with Crippen molar-refractivity contribution >= 4 is 29.8 Å². The van der Waals surface area contributed by atoms with Gasteiger partial charge in [-0.05, 0) is 32.8 Å². The molecule has 2 aromatic rings. The van der Waals surface area contributed by atoms with E-state index in [0.29, 0.717) is 6.61 Å². The van der Waals surface area contributed by atoms with Crippen LogP contribution in [0.5, 0.6) is 11.5 Å². The average Bonchev–Trinajstić information content (AvgIpc) is 3.07. The molecule has 3 rings (SSSR count). The number of methoxy groups -OCH3 is 1. The largest absolute Gasteiger partial charge is 0.493 e. The van der Waals surface area contributed by atoms with Gasteiger partial charge in [0.1, 0.15) is 18.6 Å². The Hall–Kier alpha value is -4.72. The first-order valence-electron chi connectivity index (χ1n) is 14.8. The molecule has 1 aromatic heterocycles. The van der Waals surface area contributed by atoms with Gasteiger partial charge in [-0.25, -0.2) is 14.6 Å². The number of nitrogens with one attached hydrogen (secondary N) is 1. The van der Waals surface area contributed by atoms with Crippen LogP contribution in [0, 0.1) is 11.8 Å². The summed E-state index contributed by atoms with van der Waals surface area (Å²) in [5, 5.41) is 2.46. The van der Waals surface area contributed by atoms with Crippen LogP contribution in [-0.2, 0) is 49.3 Å². The number of esters is 4. The number of hydrogen-bond donors (Lipinski definition) is 1. The van der Waals surface area contributed by atoms with Gasteiger partial charge in [-0.3, -0.25) is 14.4 Å². The van der Waals surface area contributed by atoms with Gasteiger partial charge in [0.15, 0.2) is 35.4 Å². The number of rotatable bonds is 13. The molecule has 1 saturated heterocycles. The minimum atomic E-state index is -1.47. The number of pyridine rings is 1. The minimum absolute atomic E-state index is 0.0877. The Morgan fingerprint density at radius 1 is 1.04 bits per heavy atom. The monoisotopic (exact) mass is 644 g/mol. The second-order valence-corrected chi connectivity index (χ2v) is 10.7. The fraction of sp³-hybridized carbons (Fsp3) is 0.500. The zero-order valence-corrected chi connectivity index (χ0v) is 26.7. The van der Waals surface area contributed by atoms with Crippen molar-refractivity contribution in [3.05, 3.63) is 53.9 Å². The van der Waals surface area contributed by atoms with Gasteiger partial charge in [0.2, 0.25) is 6.79 Å². The first kappa shape index (κ1) is 35.8. The van der Waals surface area contributed by atoms with E-state index in [4.69, 9.17) is 33.2 Å². The first-order valence-corrected chi connectivity index (χ1v) is 14.8. The average molecular weight is 645 g/mol. The van der Waals surface area contributed by atoms with Crippen LogP contribution in [0.25, 0.3) is 0 Å². The first-order chi connectivity index (χ1) is 22.0. The van der Waals surface area contributed by atoms with E-state index in [2.05, 4.69) is 10.3 Å². The van der Waals surface area contributed by atoms with Crippen molar-refractivity contribution in [2.24, 2.45) is 11.8 Å². The van der Waals surface area contributed by atoms with Gasteiger partial charge in [-0.1, -0.05) is 44.2 Å². The Bertz CT molecular complexity index is 1370. The van der Waals surface area contributed by atoms with Crippen molar-refractivity contribution in [3.63, 3.8) is 0 Å². The quantitative estimate of drug-likeness (QED) is 0.191. The van der Waals surface area contributed by atoms with E-state index in [1.165, 1.54) is 33.2 Å². The van der Waals surface area contributed by atoms with Crippen molar-refractivity contribution in [2.75, 3.05) is 27.1 Å². The summed E-state index contributed by atoms with van der Waals surface area (Å²) in [6, 6.07) is 8.99. The molecule has 46 heavy (non-hydrogen) atoms. The molecule has 0 radical (unpaired) electrons. The van der Waals surface area contributed by atoms with Crippen molar-refractivity contribution in [1.29, 1.82) is 0 Å². The molecular weight excluding hydrogens is 604 g/mol. The van der Waals surface area contributed by atoms with Gasteiger partial charge in [-0.2, -0.15) is 0 Å². The molecule has 14 heteroatoms. The van der Waals surface area contributed by atoms with Crippen LogP contribution >= 0.6 is 0 Å². The summed E-state index contributed by atoms with van der Waals surface area (Å²) in [4.78, 5) is 68.9. The number of ether oxygens (including phenoxy) is 7. The standard InChI is InChI=1S/C32H40N2O12/c1-7-41-20(5)30(37)44-17-43-27-24(40-6)13-14-33-25(27)28(35)34-23-16-42-31(38)22(15-21-11-9-8-10-12-21)26(19(4)45-32(23)39)46-29(36)18(2)3/h8-14,18-20,22-23,26H,7,15-17H2,1-6H3,(H,34,35). The molecule has 5 atom stereocenters. The Balaban J connectivity index is 1.83. The van der Waals surface area contributed by atoms with E-state index in [0.717, 1.165) is 5.56 Å². The Morgan fingerprint density at radius 2 is 1.76 bits per heavy atom. The third-order valence-corrected chi connectivity index (χ3v) is 6.92. The maximum absolute atomic E-state index is 13.4. The van der Waals surface area contributed by atoms with Gasteiger partial charge in [0.25, 0.3) is 5.91 Å². The minimum Gasteiger partial charge on any atom is -0.493 e. The van der Waals surface area contributed by atoms with Crippen molar-refractivity contribution < 1.29 is 57.1 Å². The van der Waals surface area contributed by atoms with E-state index in [-0.39, 0.29) is 23.6 Å². The van der Waals surface area contributed by atoms with Crippen molar-refractivity contribution in [3.8, 4) is 11.5 Å². The van der Waals surface area contributed by atoms with Crippen LogP contribution in [0.15, 0.2) is 42.6 Å². The Kier molecular flexibility index (Phi) is 13.3. The number of hydrogen-bond acceptors (Lipinski definition) is 13. The fourth-order valence-electron chi connectivity index (χ4n) is 4.45. The highest BCUT2D eigenvalue weighted by Gasteiger charge is 2.42. The lowest BCUT2D eigenvalue weighted by Gasteiger charge is -2.29. The molecule has 250 valence electrons. The zero-order chi connectivity index (χ0) is 33.8. The van der Waals surface area contributed by atoms with E-state index in [9.17, 15) is 24.0 Å². The van der Waals surface area contributed by atoms with E-state index in [1.807, 2.05) is 18.2 Å². The van der Waals surface area contributed by atoms with Crippen LogP contribution in [0.2, 0.25) is 0 Å². The highest BCUT2D eigenvalue weighted by molar-refractivity contribution is 5.98. The summed E-state index contributed by atoms with van der Waals surface area (Å²) in [6.45, 7) is 7.13. The van der Waals surface area contributed by atoms with Crippen LogP contribution in [0.4, 0.5) is 0 Å². The zero-order valence-electron chi connectivity index (χ0n) is 26.7. The summed E-state index contributed by atoms with van der Waals surface area (Å²) in [5.74, 6) is -5.49. The number of carbonyl (C=O) groups excluding carboxylic acids is 5. The van der Waals surface area contributed by atoms with Crippen LogP contribution in [0.3, 0.4) is 0 Å². The SMILES string of the molecule is CCOC(C)C(=O)OCOc1c(OC)ccnc1C(=O)NC1COC(=O)C(Cc2ccccc2)C(OC(=O)C(C)C)C(C)OC1=O. The molecular formula is C32H40N2O12. The molecule has 0 saturated carbocycles. The van der Waals surface area contributed by atoms with Gasteiger partial charge in [0.05, 0.1) is 13.0 Å². The summed E-state index contributed by atoms with van der Waals surface area (Å²) in [6.07, 6.45) is -1.69. The molecule has 0 spiro atoms. The van der Waals surface area contributed by atoms with Crippen molar-refractivity contribution in [2.45, 2.75) is 65.4 Å². The molecule has 5 unspecified atom stereocenters. The lowest BCUT2D eigenvalue weighted by molar-refractivity contribution is -0.176. The van der Waals surface area contributed by atoms with E-state index >= 15 is 0 Å². The second kappa shape index (κ2) is 17.1. The van der Waals surface area contributed by atoms with Crippen molar-refractivity contribution in [1.82, 2.24) is 10.3 Å². The molecule has 0 aliphatic carbocycles. The van der Waals surface area contributed by atoms with Gasteiger partial charge >= 0.3 is 23.9 Å². The molecule has 1 aliphatic heterocycles. The lowest BCUT2D eigenvalue weighted by Crippen LogP contribution is -2.47. The van der Waals surface area contributed by atoms with Gasteiger partial charge in [0, 0.05) is 18.9 Å². The molecule has 1 fully saturated rings. The molecule has 1 aromatic carbocycles. The molecule has 0 bridgehead atoms. The number of amides is 1. The third-order valence-electron chi connectivity index (χ3n) is 6.92. The topological polar surface area (TPSA) is 175 Å². The van der Waals surface area contributed by atoms with E-state index < -0.39 is 79.4 Å². The molecule has 2 heterocycles. The predicted octanol–water partition coefficient (Wildman–Crippen LogP) is 2.41. The fourth-order valence-corrected chi connectivity index (χ4v) is 4.45. The van der Waals surface area contributed by atoms with Crippen LogP contribution < -0.4 is 14.8 Å². The highest BCUT2D eigenvalue weighted by Crippen LogP contribution is 2.30. The smallest absolute Gasteiger partial charge is 0.337 e. The normalized spacial score (nSPS) is 20.6. The van der Waals surface area contributed by atoms with Crippen LogP contribution in [0.1, 0.15) is 50.7 Å². The molecule has 14 nitrogen and oxygen atoms in total. The number of benzene rings is 1. The summed E-state index contributed by atoms with van der Waals surface area (Å²) < 4.78 is 37.9. The molecule has 1 aliphatic rings. The Labute approximate surface area is 267 Å². The molecule has 1 amide bonds. The lowest BCUT2D eigenvalue weighted by atomic mass is 9.91. The number of nitrogens with zero attached hydrogens (tertiary/aromatic N) is 1. The predicted molar refractivity (Wildman–Crippen MR) is 160 cm³/mol. The maximum atomic E-state index is 13.4. The van der Waals surface area contributed by atoms with E-state index in [1.54, 1.807) is 32.9 Å². The van der Waals surface area contributed by atoms with Gasteiger partial charge in [-0.15, -0.1) is 0 Å². The van der Waals surface area contributed by atoms with Gasteiger partial charge < -0.3 is 38.5 Å². The third kappa shape index (κ3) is 9.64. The summed E-state index contributed by atoms with van der Waals surface area (Å²) in [7, 11) is 1.33. The number of carbonyl (C=O) groups is 5. The maximum Gasteiger partial charge on any atom is 0.337 e. The highest BCUT2D eigenvalue weighted by atomic mass is 16.7. The second-order valence-electron chi connectivity index (χ2n) is 10.7.